The lowest BCUT2D eigenvalue weighted by molar-refractivity contribution is -0.378. The van der Waals surface area contributed by atoms with Gasteiger partial charge in [0.25, 0.3) is 0 Å². The molecule has 2 aliphatic rings. The summed E-state index contributed by atoms with van der Waals surface area (Å²) in [5, 5.41) is 45.1. The maximum Gasteiger partial charge on any atom is 0.338 e. The number of carbonyl (C=O) groups is 1. The monoisotopic (exact) mass is 668 g/mol. The molecular formula is C35H56O12. The van der Waals surface area contributed by atoms with Gasteiger partial charge in [0.1, 0.15) is 19.0 Å². The minimum Gasteiger partial charge on any atom is -0.456 e. The number of aliphatic hydroxyl groups is 4. The van der Waals surface area contributed by atoms with Crippen LogP contribution < -0.4 is 0 Å². The zero-order valence-corrected chi connectivity index (χ0v) is 28.9. The molecule has 0 spiro atoms. The SMILES string of the molecule is CC[C@H](/C=C(/C)[C@@H]1C[C@@H](OC)C[C@H](O)C(C)(C)[C@@]2(O)O[C@H](C[C@@H](O)[C@H]2O)C[C@@H](OC)[C@H](OCOC)C(=O)O1)COCc1ccccc1. The summed E-state index contributed by atoms with van der Waals surface area (Å²) in [4.78, 5) is 13.9. The van der Waals surface area contributed by atoms with E-state index in [0.717, 1.165) is 17.6 Å². The van der Waals surface area contributed by atoms with Crippen LogP contribution in [0.4, 0.5) is 0 Å². The predicted molar refractivity (Wildman–Crippen MR) is 172 cm³/mol. The van der Waals surface area contributed by atoms with Crippen LogP contribution in [0.5, 0.6) is 0 Å². The minimum absolute atomic E-state index is 0.00487. The van der Waals surface area contributed by atoms with Gasteiger partial charge in [0, 0.05) is 58.3 Å². The van der Waals surface area contributed by atoms with Gasteiger partial charge in [-0.05, 0) is 24.5 Å². The van der Waals surface area contributed by atoms with Crippen molar-refractivity contribution in [1.29, 1.82) is 0 Å². The van der Waals surface area contributed by atoms with Gasteiger partial charge in [0.05, 0.1) is 43.7 Å². The quantitative estimate of drug-likeness (QED) is 0.147. The van der Waals surface area contributed by atoms with Gasteiger partial charge in [-0.3, -0.25) is 0 Å². The third-order valence-corrected chi connectivity index (χ3v) is 9.63. The first-order valence-corrected chi connectivity index (χ1v) is 16.4. The van der Waals surface area contributed by atoms with Crippen LogP contribution in [0.25, 0.3) is 0 Å². The Bertz CT molecular complexity index is 1110. The molecule has 0 aromatic heterocycles. The Balaban J connectivity index is 1.97. The van der Waals surface area contributed by atoms with Crippen LogP contribution in [0.2, 0.25) is 0 Å². The first kappa shape index (κ1) is 39.5. The first-order chi connectivity index (χ1) is 22.3. The molecule has 2 aliphatic heterocycles. The van der Waals surface area contributed by atoms with Crippen LogP contribution in [0.3, 0.4) is 0 Å². The van der Waals surface area contributed by atoms with Crippen LogP contribution in [0.1, 0.15) is 65.4 Å². The van der Waals surface area contributed by atoms with Crippen molar-refractivity contribution in [3.05, 3.63) is 47.5 Å². The molecule has 0 saturated carbocycles. The molecule has 4 N–H and O–H groups in total. The standard InChI is InChI=1S/C35H56O12/c1-8-23(19-44-20-24-12-10-9-11-13-24)14-22(2)28-16-25(42-6)18-30(37)34(3,4)35(40)32(38)27(36)15-26(47-35)17-29(43-7)31(33(39)46-28)45-21-41-5/h9-14,23,25-32,36-38,40H,8,15-21H2,1-7H3/b22-14-/t23-,25-,26-,27-,28+,29-,30+,31+,32-,35+/m1/s1. The summed E-state index contributed by atoms with van der Waals surface area (Å²) in [5.74, 6) is -3.02. The molecule has 1 aromatic carbocycles. The van der Waals surface area contributed by atoms with Gasteiger partial charge in [0.15, 0.2) is 6.10 Å². The lowest BCUT2D eigenvalue weighted by Crippen LogP contribution is -2.68. The Morgan fingerprint density at radius 3 is 2.36 bits per heavy atom. The number of ether oxygens (including phenoxy) is 7. The number of methoxy groups -OCH3 is 3. The molecule has 2 heterocycles. The van der Waals surface area contributed by atoms with Crippen LogP contribution in [-0.4, -0.2) is 116 Å². The van der Waals surface area contributed by atoms with Crippen molar-refractivity contribution in [2.75, 3.05) is 34.7 Å². The third kappa shape index (κ3) is 10.0. The lowest BCUT2D eigenvalue weighted by atomic mass is 9.70. The summed E-state index contributed by atoms with van der Waals surface area (Å²) in [5.41, 5.74) is 0.374. The normalized spacial score (nSPS) is 34.7. The summed E-state index contributed by atoms with van der Waals surface area (Å²) in [7, 11) is 4.32. The van der Waals surface area contributed by atoms with E-state index in [4.69, 9.17) is 33.2 Å². The summed E-state index contributed by atoms with van der Waals surface area (Å²) >= 11 is 0. The zero-order chi connectivity index (χ0) is 34.8. The van der Waals surface area contributed by atoms with Crippen molar-refractivity contribution in [1.82, 2.24) is 0 Å². The first-order valence-electron chi connectivity index (χ1n) is 16.4. The number of hydrogen-bond acceptors (Lipinski definition) is 12. The van der Waals surface area contributed by atoms with Crippen LogP contribution in [0.15, 0.2) is 42.0 Å². The molecule has 3 rings (SSSR count). The smallest absolute Gasteiger partial charge is 0.338 e. The number of benzene rings is 1. The van der Waals surface area contributed by atoms with Crippen LogP contribution in [-0.2, 0) is 44.6 Å². The Morgan fingerprint density at radius 2 is 1.74 bits per heavy atom. The maximum absolute atomic E-state index is 13.9. The summed E-state index contributed by atoms with van der Waals surface area (Å²) in [6.45, 7) is 7.78. The van der Waals surface area contributed by atoms with Crippen molar-refractivity contribution in [2.45, 2.75) is 121 Å². The van der Waals surface area contributed by atoms with Gasteiger partial charge >= 0.3 is 5.97 Å². The molecule has 47 heavy (non-hydrogen) atoms. The van der Waals surface area contributed by atoms with Gasteiger partial charge in [0.2, 0.25) is 5.79 Å². The van der Waals surface area contributed by atoms with Gasteiger partial charge in [-0.2, -0.15) is 0 Å². The average molecular weight is 669 g/mol. The zero-order valence-electron chi connectivity index (χ0n) is 28.9. The molecule has 2 saturated heterocycles. The van der Waals surface area contributed by atoms with E-state index in [0.29, 0.717) is 13.2 Å². The fourth-order valence-electron chi connectivity index (χ4n) is 6.29. The second-order valence-electron chi connectivity index (χ2n) is 13.3. The van der Waals surface area contributed by atoms with E-state index in [1.54, 1.807) is 13.8 Å². The van der Waals surface area contributed by atoms with Crippen molar-refractivity contribution >= 4 is 5.97 Å². The average Bonchev–Trinajstić information content (AvgIpc) is 3.05. The highest BCUT2D eigenvalue weighted by Gasteiger charge is 2.60. The molecule has 12 nitrogen and oxygen atoms in total. The Kier molecular flexibility index (Phi) is 15.2. The number of hydrogen-bond donors (Lipinski definition) is 4. The molecule has 2 bridgehead atoms. The van der Waals surface area contributed by atoms with Crippen LogP contribution >= 0.6 is 0 Å². The predicted octanol–water partition coefficient (Wildman–Crippen LogP) is 2.88. The van der Waals surface area contributed by atoms with E-state index in [-0.39, 0.29) is 38.4 Å². The highest BCUT2D eigenvalue weighted by atomic mass is 16.7. The van der Waals surface area contributed by atoms with E-state index in [1.807, 2.05) is 43.3 Å². The van der Waals surface area contributed by atoms with Gasteiger partial charge in [-0.15, -0.1) is 0 Å². The van der Waals surface area contributed by atoms with Gasteiger partial charge in [-0.25, -0.2) is 4.79 Å². The molecule has 10 atom stereocenters. The van der Waals surface area contributed by atoms with Crippen molar-refractivity contribution in [3.8, 4) is 0 Å². The number of cyclic esters (lactones) is 1. The van der Waals surface area contributed by atoms with Crippen molar-refractivity contribution in [2.24, 2.45) is 11.3 Å². The third-order valence-electron chi connectivity index (χ3n) is 9.63. The molecule has 0 radical (unpaired) electrons. The fourth-order valence-corrected chi connectivity index (χ4v) is 6.29. The molecule has 0 aliphatic carbocycles. The molecular weight excluding hydrogens is 612 g/mol. The van der Waals surface area contributed by atoms with Crippen LogP contribution in [0, 0.1) is 11.3 Å². The molecule has 0 unspecified atom stereocenters. The Morgan fingerprint density at radius 1 is 1.04 bits per heavy atom. The second kappa shape index (κ2) is 18.1. The van der Waals surface area contributed by atoms with Crippen molar-refractivity contribution in [3.63, 3.8) is 0 Å². The molecule has 12 heteroatoms. The van der Waals surface area contributed by atoms with E-state index in [9.17, 15) is 25.2 Å². The highest BCUT2D eigenvalue weighted by Crippen LogP contribution is 2.46. The Hall–Kier alpha value is -1.97. The number of carbonyl (C=O) groups excluding carboxylic acids is 1. The topological polar surface area (TPSA) is 163 Å². The number of esters is 1. The summed E-state index contributed by atoms with van der Waals surface area (Å²) < 4.78 is 40.6. The lowest BCUT2D eigenvalue weighted by Gasteiger charge is -2.53. The van der Waals surface area contributed by atoms with E-state index in [2.05, 4.69) is 6.92 Å². The van der Waals surface area contributed by atoms with Gasteiger partial charge < -0.3 is 53.6 Å². The molecule has 0 amide bonds. The Labute approximate surface area is 278 Å². The van der Waals surface area contributed by atoms with E-state index in [1.165, 1.54) is 21.3 Å². The largest absolute Gasteiger partial charge is 0.456 e. The second-order valence-corrected chi connectivity index (χ2v) is 13.3. The highest BCUT2D eigenvalue weighted by molar-refractivity contribution is 5.76. The molecule has 1 aromatic rings. The number of aliphatic hydroxyl groups excluding tert-OH is 3. The van der Waals surface area contributed by atoms with E-state index < -0.39 is 66.0 Å². The summed E-state index contributed by atoms with van der Waals surface area (Å²) in [6.07, 6.45) is -5.91. The maximum atomic E-state index is 13.9. The van der Waals surface area contributed by atoms with Crippen molar-refractivity contribution < 1.29 is 58.4 Å². The fraction of sp³-hybridized carbons (Fsp3) is 0.743. The summed E-state index contributed by atoms with van der Waals surface area (Å²) in [6, 6.07) is 9.91. The molecule has 268 valence electrons. The minimum atomic E-state index is -2.35. The van der Waals surface area contributed by atoms with Gasteiger partial charge in [-0.1, -0.05) is 57.2 Å². The molecule has 2 fully saturated rings. The van der Waals surface area contributed by atoms with E-state index >= 15 is 0 Å². The number of fused-ring (bicyclic) bond motifs is 2. The number of rotatable bonds is 12.